The third kappa shape index (κ3) is 1.88. The highest BCUT2D eigenvalue weighted by molar-refractivity contribution is 5.97. The number of nitrogens with one attached hydrogen (secondary N) is 1. The molecule has 0 bridgehead atoms. The van der Waals surface area contributed by atoms with Gasteiger partial charge in [0.1, 0.15) is 5.82 Å². The van der Waals surface area contributed by atoms with E-state index < -0.39 is 11.7 Å². The number of amides is 2. The number of nitrogens with two attached hydrogens (primary N) is 1. The quantitative estimate of drug-likeness (QED) is 0.749. The third-order valence-electron chi connectivity index (χ3n) is 2.58. The van der Waals surface area contributed by atoms with Crippen molar-refractivity contribution in [3.8, 4) is 0 Å². The van der Waals surface area contributed by atoms with Crippen molar-refractivity contribution < 1.29 is 14.0 Å². The zero-order valence-electron chi connectivity index (χ0n) is 8.55. The molecule has 5 heteroatoms. The summed E-state index contributed by atoms with van der Waals surface area (Å²) in [6.07, 6.45) is 1.69. The molecule has 0 radical (unpaired) electrons. The van der Waals surface area contributed by atoms with Gasteiger partial charge < -0.3 is 11.1 Å². The number of hydrogen-bond donors (Lipinski definition) is 2. The second-order valence-corrected chi connectivity index (χ2v) is 3.76. The van der Waals surface area contributed by atoms with E-state index in [0.717, 1.165) is 0 Å². The summed E-state index contributed by atoms with van der Waals surface area (Å²) < 4.78 is 13.4. The standard InChI is InChI=1S/C11H11FN2O2/c12-8-4-6-2-1-3-10(15)14-9(6)5-7(8)11(13)16/h4-5H,1-3H2,(H2,13,16)(H,14,15). The van der Waals surface area contributed by atoms with Crippen LogP contribution < -0.4 is 11.1 Å². The SMILES string of the molecule is NC(=O)c1cc2c(cc1F)CCCC(=O)N2. The van der Waals surface area contributed by atoms with Crippen LogP contribution in [-0.4, -0.2) is 11.8 Å². The number of fused-ring (bicyclic) bond motifs is 1. The van der Waals surface area contributed by atoms with Gasteiger partial charge in [-0.25, -0.2) is 4.39 Å². The van der Waals surface area contributed by atoms with Crippen LogP contribution in [0.15, 0.2) is 12.1 Å². The predicted octanol–water partition coefficient (Wildman–Crippen LogP) is 1.20. The van der Waals surface area contributed by atoms with Gasteiger partial charge in [-0.05, 0) is 30.5 Å². The topological polar surface area (TPSA) is 72.2 Å². The van der Waals surface area contributed by atoms with E-state index in [1.54, 1.807) is 0 Å². The fourth-order valence-corrected chi connectivity index (χ4v) is 1.78. The molecule has 0 atom stereocenters. The van der Waals surface area contributed by atoms with Gasteiger partial charge in [0.2, 0.25) is 5.91 Å². The average molecular weight is 222 g/mol. The highest BCUT2D eigenvalue weighted by Gasteiger charge is 2.17. The van der Waals surface area contributed by atoms with Crippen LogP contribution in [0, 0.1) is 5.82 Å². The molecule has 4 nitrogen and oxygen atoms in total. The number of halogens is 1. The highest BCUT2D eigenvalue weighted by Crippen LogP contribution is 2.25. The van der Waals surface area contributed by atoms with E-state index in [0.29, 0.717) is 30.5 Å². The largest absolute Gasteiger partial charge is 0.366 e. The summed E-state index contributed by atoms with van der Waals surface area (Å²) in [7, 11) is 0. The van der Waals surface area contributed by atoms with E-state index in [-0.39, 0.29) is 11.5 Å². The van der Waals surface area contributed by atoms with Gasteiger partial charge in [0, 0.05) is 12.1 Å². The Bertz CT molecular complexity index is 471. The van der Waals surface area contributed by atoms with E-state index in [4.69, 9.17) is 5.73 Å². The molecule has 0 saturated heterocycles. The van der Waals surface area contributed by atoms with Gasteiger partial charge in [-0.15, -0.1) is 0 Å². The molecule has 1 aromatic carbocycles. The fourth-order valence-electron chi connectivity index (χ4n) is 1.78. The minimum atomic E-state index is -0.834. The van der Waals surface area contributed by atoms with Crippen molar-refractivity contribution in [2.45, 2.75) is 19.3 Å². The van der Waals surface area contributed by atoms with Crippen LogP contribution in [0.3, 0.4) is 0 Å². The van der Waals surface area contributed by atoms with Gasteiger partial charge in [0.05, 0.1) is 5.56 Å². The van der Waals surface area contributed by atoms with Crippen molar-refractivity contribution in [1.29, 1.82) is 0 Å². The van der Waals surface area contributed by atoms with Crippen LogP contribution >= 0.6 is 0 Å². The Kier molecular flexibility index (Phi) is 2.60. The Balaban J connectivity index is 2.50. The van der Waals surface area contributed by atoms with Crippen LogP contribution in [0.25, 0.3) is 0 Å². The van der Waals surface area contributed by atoms with Gasteiger partial charge >= 0.3 is 0 Å². The number of carbonyl (C=O) groups is 2. The molecule has 0 unspecified atom stereocenters. The van der Waals surface area contributed by atoms with Crippen molar-refractivity contribution >= 4 is 17.5 Å². The maximum Gasteiger partial charge on any atom is 0.251 e. The normalized spacial score (nSPS) is 14.9. The van der Waals surface area contributed by atoms with Crippen LogP contribution in [0.4, 0.5) is 10.1 Å². The second-order valence-electron chi connectivity index (χ2n) is 3.76. The molecule has 84 valence electrons. The average Bonchev–Trinajstić information content (AvgIpc) is 2.37. The summed E-state index contributed by atoms with van der Waals surface area (Å²) in [4.78, 5) is 22.2. The Hall–Kier alpha value is -1.91. The van der Waals surface area contributed by atoms with Gasteiger partial charge in [-0.3, -0.25) is 9.59 Å². The van der Waals surface area contributed by atoms with E-state index in [1.807, 2.05) is 0 Å². The number of benzene rings is 1. The smallest absolute Gasteiger partial charge is 0.251 e. The molecular weight excluding hydrogens is 211 g/mol. The number of hydrogen-bond acceptors (Lipinski definition) is 2. The molecule has 0 saturated carbocycles. The molecule has 1 aliphatic rings. The summed E-state index contributed by atoms with van der Waals surface area (Å²) in [6, 6.07) is 2.57. The maximum absolute atomic E-state index is 13.4. The number of carbonyl (C=O) groups excluding carboxylic acids is 2. The van der Waals surface area contributed by atoms with Gasteiger partial charge in [-0.1, -0.05) is 0 Å². The fraction of sp³-hybridized carbons (Fsp3) is 0.273. The molecule has 0 spiro atoms. The predicted molar refractivity (Wildman–Crippen MR) is 56.5 cm³/mol. The molecule has 2 rings (SSSR count). The minimum absolute atomic E-state index is 0.124. The first kappa shape index (κ1) is 10.6. The lowest BCUT2D eigenvalue weighted by Crippen LogP contribution is -2.15. The molecule has 1 aromatic rings. The molecule has 0 fully saturated rings. The van der Waals surface area contributed by atoms with Gasteiger partial charge in [0.15, 0.2) is 0 Å². The number of aryl methyl sites for hydroxylation is 1. The van der Waals surface area contributed by atoms with Crippen LogP contribution in [0.2, 0.25) is 0 Å². The zero-order chi connectivity index (χ0) is 11.7. The minimum Gasteiger partial charge on any atom is -0.366 e. The second kappa shape index (κ2) is 3.92. The van der Waals surface area contributed by atoms with E-state index >= 15 is 0 Å². The molecule has 1 aliphatic heterocycles. The van der Waals surface area contributed by atoms with Gasteiger partial charge in [0.25, 0.3) is 5.91 Å². The lowest BCUT2D eigenvalue weighted by atomic mass is 10.0. The molecule has 1 heterocycles. The maximum atomic E-state index is 13.4. The first-order valence-electron chi connectivity index (χ1n) is 5.00. The Labute approximate surface area is 91.6 Å². The molecule has 0 aromatic heterocycles. The highest BCUT2D eigenvalue weighted by atomic mass is 19.1. The first-order valence-corrected chi connectivity index (χ1v) is 5.00. The summed E-state index contributed by atoms with van der Waals surface area (Å²) >= 11 is 0. The van der Waals surface area contributed by atoms with Gasteiger partial charge in [-0.2, -0.15) is 0 Å². The van der Waals surface area contributed by atoms with Crippen LogP contribution in [-0.2, 0) is 11.2 Å². The summed E-state index contributed by atoms with van der Waals surface area (Å²) in [5.41, 5.74) is 6.02. The molecule has 0 aliphatic carbocycles. The third-order valence-corrected chi connectivity index (χ3v) is 2.58. The number of anilines is 1. The summed E-state index contributed by atoms with van der Waals surface area (Å²) in [5, 5.41) is 2.63. The van der Waals surface area contributed by atoms with Crippen molar-refractivity contribution in [3.05, 3.63) is 29.1 Å². The lowest BCUT2D eigenvalue weighted by molar-refractivity contribution is -0.116. The van der Waals surface area contributed by atoms with Crippen molar-refractivity contribution in [3.63, 3.8) is 0 Å². The summed E-state index contributed by atoms with van der Waals surface area (Å²) in [6.45, 7) is 0. The Morgan fingerprint density at radius 1 is 1.38 bits per heavy atom. The molecule has 2 amide bonds. The van der Waals surface area contributed by atoms with Crippen molar-refractivity contribution in [1.82, 2.24) is 0 Å². The number of primary amides is 1. The van der Waals surface area contributed by atoms with Crippen molar-refractivity contribution in [2.75, 3.05) is 5.32 Å². The van der Waals surface area contributed by atoms with Crippen molar-refractivity contribution in [2.24, 2.45) is 5.73 Å². The van der Waals surface area contributed by atoms with Crippen LogP contribution in [0.5, 0.6) is 0 Å². The lowest BCUT2D eigenvalue weighted by Gasteiger charge is -2.08. The van der Waals surface area contributed by atoms with Crippen LogP contribution in [0.1, 0.15) is 28.8 Å². The summed E-state index contributed by atoms with van der Waals surface area (Å²) in [5.74, 6) is -1.60. The Morgan fingerprint density at radius 2 is 2.12 bits per heavy atom. The molecule has 16 heavy (non-hydrogen) atoms. The zero-order valence-corrected chi connectivity index (χ0v) is 8.55. The molecule has 3 N–H and O–H groups in total. The Morgan fingerprint density at radius 3 is 2.81 bits per heavy atom. The van der Waals surface area contributed by atoms with E-state index in [2.05, 4.69) is 5.32 Å². The molecular formula is C11H11FN2O2. The van der Waals surface area contributed by atoms with E-state index in [9.17, 15) is 14.0 Å². The number of rotatable bonds is 1. The van der Waals surface area contributed by atoms with E-state index in [1.165, 1.54) is 12.1 Å². The monoisotopic (exact) mass is 222 g/mol. The first-order chi connectivity index (χ1) is 7.58.